The minimum Gasteiger partial charge on any atom is -0.450 e. The van der Waals surface area contributed by atoms with Crippen molar-refractivity contribution in [3.8, 4) is 11.5 Å². The first-order valence-corrected chi connectivity index (χ1v) is 10.6. The highest BCUT2D eigenvalue weighted by Crippen LogP contribution is 2.39. The first-order valence-electron chi connectivity index (χ1n) is 8.76. The second kappa shape index (κ2) is 8.79. The number of aromatic nitrogens is 2. The van der Waals surface area contributed by atoms with Crippen molar-refractivity contribution < 1.29 is 13.5 Å². The molecular formula is C20H16F2N4OS2. The zero-order valence-electron chi connectivity index (χ0n) is 15.3. The normalized spacial score (nSPS) is 15.8. The number of thioether (sulfide) groups is 1. The highest BCUT2D eigenvalue weighted by Gasteiger charge is 2.18. The summed E-state index contributed by atoms with van der Waals surface area (Å²) >= 11 is 2.95. The number of halogens is 2. The zero-order chi connectivity index (χ0) is 20.2. The Kier molecular flexibility index (Phi) is 5.96. The summed E-state index contributed by atoms with van der Waals surface area (Å²) in [6.07, 6.45) is 4.93. The quantitative estimate of drug-likeness (QED) is 0.568. The maximum absolute atomic E-state index is 14.1. The van der Waals surface area contributed by atoms with Gasteiger partial charge in [-0.15, -0.1) is 0 Å². The molecule has 0 radical (unpaired) electrons. The van der Waals surface area contributed by atoms with Crippen LogP contribution in [0, 0.1) is 11.6 Å². The number of nitrogens with zero attached hydrogens (tertiary/aromatic N) is 3. The Bertz CT molecular complexity index is 1030. The van der Waals surface area contributed by atoms with E-state index in [0.29, 0.717) is 10.7 Å². The van der Waals surface area contributed by atoms with Gasteiger partial charge in [-0.05, 0) is 31.2 Å². The molecule has 2 aromatic heterocycles. The Morgan fingerprint density at radius 2 is 1.93 bits per heavy atom. The van der Waals surface area contributed by atoms with Crippen molar-refractivity contribution >= 4 is 34.5 Å². The fourth-order valence-corrected chi connectivity index (χ4v) is 4.25. The van der Waals surface area contributed by atoms with Crippen molar-refractivity contribution in [2.24, 2.45) is 4.99 Å². The fraction of sp³-hybridized carbons (Fsp3) is 0.150. The highest BCUT2D eigenvalue weighted by molar-refractivity contribution is 8.14. The first kappa shape index (κ1) is 19.7. The molecule has 4 rings (SSSR count). The molecule has 1 aliphatic heterocycles. The van der Waals surface area contributed by atoms with E-state index in [0.717, 1.165) is 27.9 Å². The highest BCUT2D eigenvalue weighted by atomic mass is 32.2. The number of hydrogen-bond donors (Lipinski definition) is 1. The predicted octanol–water partition coefficient (Wildman–Crippen LogP) is 5.60. The van der Waals surface area contributed by atoms with Crippen LogP contribution < -0.4 is 10.1 Å². The number of anilines is 1. The van der Waals surface area contributed by atoms with Crippen LogP contribution in [0.4, 0.5) is 14.6 Å². The minimum absolute atomic E-state index is 0.229. The van der Waals surface area contributed by atoms with Crippen molar-refractivity contribution in [1.82, 2.24) is 9.97 Å². The maximum Gasteiger partial charge on any atom is 0.198 e. The van der Waals surface area contributed by atoms with E-state index in [1.807, 2.05) is 19.1 Å². The molecule has 3 aromatic rings. The number of para-hydroxylation sites is 1. The van der Waals surface area contributed by atoms with Gasteiger partial charge in [0.2, 0.25) is 0 Å². The number of amidine groups is 1. The van der Waals surface area contributed by atoms with Gasteiger partial charge in [-0.25, -0.2) is 13.8 Å². The summed E-state index contributed by atoms with van der Waals surface area (Å²) in [4.78, 5) is 14.4. The molecule has 1 aliphatic rings. The molecular weight excluding hydrogens is 414 g/mol. The van der Waals surface area contributed by atoms with Gasteiger partial charge in [0.05, 0.1) is 10.9 Å². The summed E-state index contributed by atoms with van der Waals surface area (Å²) in [6, 6.07) is 9.10. The molecule has 0 spiro atoms. The van der Waals surface area contributed by atoms with Crippen molar-refractivity contribution in [3.05, 3.63) is 66.6 Å². The largest absolute Gasteiger partial charge is 0.450 e. The number of hydrogen-bond acceptors (Lipinski definition) is 7. The van der Waals surface area contributed by atoms with Gasteiger partial charge < -0.3 is 10.1 Å². The SMILES string of the molecule is CC1CSC(Nc2cc(Oc3c(F)cccc3F)c(Sc3ccncc3)cn2)=N1. The summed E-state index contributed by atoms with van der Waals surface area (Å²) in [6.45, 7) is 2.03. The number of aliphatic imine (C=N–C) groups is 1. The average Bonchev–Trinajstić information content (AvgIpc) is 3.12. The van der Waals surface area contributed by atoms with Crippen LogP contribution in [-0.2, 0) is 0 Å². The molecule has 1 N–H and O–H groups in total. The average molecular weight is 431 g/mol. The monoisotopic (exact) mass is 430 g/mol. The Morgan fingerprint density at radius 1 is 1.17 bits per heavy atom. The van der Waals surface area contributed by atoms with Gasteiger partial charge in [0.1, 0.15) is 11.6 Å². The third-order valence-electron chi connectivity index (χ3n) is 3.87. The number of nitrogens with one attached hydrogen (secondary N) is 1. The fourth-order valence-electron chi connectivity index (χ4n) is 2.52. The van der Waals surface area contributed by atoms with Gasteiger partial charge in [-0.1, -0.05) is 29.6 Å². The van der Waals surface area contributed by atoms with E-state index in [2.05, 4.69) is 20.3 Å². The second-order valence-electron chi connectivity index (χ2n) is 6.17. The standard InChI is InChI=1S/C20H16F2N4OS2/c1-12-11-28-20(25-12)26-18-9-16(27-19-14(21)3-2-4-15(19)22)17(10-24-18)29-13-5-7-23-8-6-13/h2-10,12H,11H2,1H3,(H,24,25,26). The molecule has 3 heterocycles. The van der Waals surface area contributed by atoms with Crippen molar-refractivity contribution in [3.63, 3.8) is 0 Å². The molecule has 1 unspecified atom stereocenters. The van der Waals surface area contributed by atoms with Crippen molar-refractivity contribution in [2.75, 3.05) is 11.1 Å². The van der Waals surface area contributed by atoms with Crippen LogP contribution in [0.25, 0.3) is 0 Å². The lowest BCUT2D eigenvalue weighted by Crippen LogP contribution is -2.07. The van der Waals surface area contributed by atoms with E-state index >= 15 is 0 Å². The molecule has 0 saturated carbocycles. The molecule has 5 nitrogen and oxygen atoms in total. The van der Waals surface area contributed by atoms with Crippen LogP contribution in [-0.4, -0.2) is 26.9 Å². The van der Waals surface area contributed by atoms with E-state index in [1.54, 1.807) is 36.4 Å². The molecule has 0 saturated heterocycles. The number of benzene rings is 1. The number of ether oxygens (including phenoxy) is 1. The van der Waals surface area contributed by atoms with E-state index in [-0.39, 0.29) is 11.8 Å². The lowest BCUT2D eigenvalue weighted by atomic mass is 10.3. The Labute approximate surface area is 175 Å². The summed E-state index contributed by atoms with van der Waals surface area (Å²) in [5, 5.41) is 3.89. The molecule has 0 aliphatic carbocycles. The smallest absolute Gasteiger partial charge is 0.198 e. The molecule has 0 fully saturated rings. The predicted molar refractivity (Wildman–Crippen MR) is 112 cm³/mol. The van der Waals surface area contributed by atoms with Gasteiger partial charge in [-0.2, -0.15) is 0 Å². The third-order valence-corrected chi connectivity index (χ3v) is 6.04. The van der Waals surface area contributed by atoms with Crippen LogP contribution in [0.2, 0.25) is 0 Å². The molecule has 1 aromatic carbocycles. The molecule has 29 heavy (non-hydrogen) atoms. The van der Waals surface area contributed by atoms with Gasteiger partial charge in [0.25, 0.3) is 0 Å². The zero-order valence-corrected chi connectivity index (χ0v) is 16.9. The third kappa shape index (κ3) is 4.86. The van der Waals surface area contributed by atoms with Gasteiger partial charge in [-0.3, -0.25) is 9.98 Å². The first-order chi connectivity index (χ1) is 14.1. The summed E-state index contributed by atoms with van der Waals surface area (Å²) in [5.41, 5.74) is 0. The van der Waals surface area contributed by atoms with E-state index < -0.39 is 17.4 Å². The van der Waals surface area contributed by atoms with E-state index in [4.69, 9.17) is 4.74 Å². The number of rotatable bonds is 5. The minimum atomic E-state index is -0.777. The van der Waals surface area contributed by atoms with Crippen molar-refractivity contribution in [1.29, 1.82) is 0 Å². The van der Waals surface area contributed by atoms with Crippen LogP contribution in [0.3, 0.4) is 0 Å². The lowest BCUT2D eigenvalue weighted by molar-refractivity contribution is 0.400. The molecule has 148 valence electrons. The van der Waals surface area contributed by atoms with Gasteiger partial charge in [0, 0.05) is 35.3 Å². The molecule has 0 bridgehead atoms. The van der Waals surface area contributed by atoms with Crippen LogP contribution >= 0.6 is 23.5 Å². The van der Waals surface area contributed by atoms with Crippen LogP contribution in [0.15, 0.2) is 69.8 Å². The van der Waals surface area contributed by atoms with Crippen LogP contribution in [0.1, 0.15) is 6.92 Å². The second-order valence-corrected chi connectivity index (χ2v) is 8.30. The van der Waals surface area contributed by atoms with Crippen molar-refractivity contribution in [2.45, 2.75) is 22.8 Å². The summed E-state index contributed by atoms with van der Waals surface area (Å²) < 4.78 is 33.9. The van der Waals surface area contributed by atoms with E-state index in [9.17, 15) is 8.78 Å². The Balaban J connectivity index is 1.67. The topological polar surface area (TPSA) is 59.4 Å². The van der Waals surface area contributed by atoms with E-state index in [1.165, 1.54) is 17.8 Å². The maximum atomic E-state index is 14.1. The molecule has 0 amide bonds. The van der Waals surface area contributed by atoms with Gasteiger partial charge in [0.15, 0.2) is 22.6 Å². The molecule has 1 atom stereocenters. The Hall–Kier alpha value is -2.65. The Morgan fingerprint density at radius 3 is 2.62 bits per heavy atom. The molecule has 9 heteroatoms. The summed E-state index contributed by atoms with van der Waals surface area (Å²) in [5.74, 6) is -0.354. The summed E-state index contributed by atoms with van der Waals surface area (Å²) in [7, 11) is 0. The van der Waals surface area contributed by atoms with Gasteiger partial charge >= 0.3 is 0 Å². The lowest BCUT2D eigenvalue weighted by Gasteiger charge is -2.14. The number of pyridine rings is 2. The van der Waals surface area contributed by atoms with Crippen LogP contribution in [0.5, 0.6) is 11.5 Å².